The summed E-state index contributed by atoms with van der Waals surface area (Å²) in [5.41, 5.74) is -0.284. The summed E-state index contributed by atoms with van der Waals surface area (Å²) in [4.78, 5) is 29.7. The molecule has 9 heteroatoms. The number of ether oxygens (including phenoxy) is 1. The number of amides is 1. The van der Waals surface area contributed by atoms with E-state index < -0.39 is 17.3 Å². The Balaban J connectivity index is 1.76. The molecule has 3 heterocycles. The summed E-state index contributed by atoms with van der Waals surface area (Å²) in [6, 6.07) is 8.82. The average Bonchev–Trinajstić information content (AvgIpc) is 3.11. The van der Waals surface area contributed by atoms with Gasteiger partial charge in [0.05, 0.1) is 24.5 Å². The minimum absolute atomic E-state index is 0.217. The summed E-state index contributed by atoms with van der Waals surface area (Å²) in [7, 11) is 0. The van der Waals surface area contributed by atoms with E-state index in [4.69, 9.17) is 4.74 Å². The molecule has 146 valence electrons. The molecule has 0 saturated carbocycles. The predicted molar refractivity (Wildman–Crippen MR) is 95.6 cm³/mol. The van der Waals surface area contributed by atoms with Crippen molar-refractivity contribution in [1.29, 1.82) is 0 Å². The lowest BCUT2D eigenvalue weighted by atomic mass is 10.2. The van der Waals surface area contributed by atoms with Crippen LogP contribution in [0.3, 0.4) is 0 Å². The monoisotopic (exact) mass is 391 g/mol. The number of aromatic nitrogens is 2. The van der Waals surface area contributed by atoms with Crippen molar-refractivity contribution in [3.63, 3.8) is 0 Å². The molecule has 1 saturated heterocycles. The summed E-state index contributed by atoms with van der Waals surface area (Å²) >= 11 is 0. The highest BCUT2D eigenvalue weighted by molar-refractivity contribution is 5.97. The minimum Gasteiger partial charge on any atom is -0.378 e. The van der Waals surface area contributed by atoms with E-state index >= 15 is 0 Å². The molecule has 2 aromatic heterocycles. The first kappa shape index (κ1) is 18.3. The number of morpholine rings is 1. The molecule has 1 amide bonds. The summed E-state index contributed by atoms with van der Waals surface area (Å²) in [6.07, 6.45) is -4.46. The van der Waals surface area contributed by atoms with Gasteiger partial charge >= 0.3 is 6.18 Å². The molecule has 0 unspecified atom stereocenters. The Labute approximate surface area is 157 Å². The third-order valence-electron chi connectivity index (χ3n) is 4.66. The molecule has 1 N–H and O–H groups in total. The van der Waals surface area contributed by atoms with Crippen molar-refractivity contribution in [2.24, 2.45) is 0 Å². The first-order chi connectivity index (χ1) is 13.3. The highest BCUT2D eigenvalue weighted by Gasteiger charge is 2.30. The SMILES string of the molecule is O=C(c1cc2ccc(=O)n(-c3ccc(C(F)(F)F)cc3)c2[nH]1)N1CCOCC1. The second-order valence-corrected chi connectivity index (χ2v) is 6.44. The molecule has 0 aliphatic carbocycles. The molecule has 3 aromatic rings. The summed E-state index contributed by atoms with van der Waals surface area (Å²) in [5, 5.41) is 0.608. The van der Waals surface area contributed by atoms with Crippen molar-refractivity contribution in [2.75, 3.05) is 26.3 Å². The van der Waals surface area contributed by atoms with Crippen molar-refractivity contribution in [3.8, 4) is 5.69 Å². The van der Waals surface area contributed by atoms with E-state index in [9.17, 15) is 22.8 Å². The van der Waals surface area contributed by atoms with Crippen LogP contribution >= 0.6 is 0 Å². The third kappa shape index (κ3) is 3.29. The van der Waals surface area contributed by atoms with Crippen LogP contribution in [0.5, 0.6) is 0 Å². The number of rotatable bonds is 2. The molecule has 1 aromatic carbocycles. The van der Waals surface area contributed by atoms with Gasteiger partial charge in [0.1, 0.15) is 11.3 Å². The van der Waals surface area contributed by atoms with E-state index in [1.165, 1.54) is 22.8 Å². The molecule has 0 spiro atoms. The molecule has 0 atom stereocenters. The number of halogens is 3. The Hall–Kier alpha value is -3.07. The quantitative estimate of drug-likeness (QED) is 0.731. The number of aromatic amines is 1. The van der Waals surface area contributed by atoms with E-state index in [1.807, 2.05) is 0 Å². The first-order valence-corrected chi connectivity index (χ1v) is 8.64. The predicted octanol–water partition coefficient (Wildman–Crippen LogP) is 2.81. The minimum atomic E-state index is -4.46. The van der Waals surface area contributed by atoms with Crippen LogP contribution in [0.4, 0.5) is 13.2 Å². The summed E-state index contributed by atoms with van der Waals surface area (Å²) in [6.45, 7) is 1.87. The van der Waals surface area contributed by atoms with Gasteiger partial charge in [-0.15, -0.1) is 0 Å². The van der Waals surface area contributed by atoms with E-state index in [-0.39, 0.29) is 11.6 Å². The molecule has 0 bridgehead atoms. The number of pyridine rings is 1. The van der Waals surface area contributed by atoms with Crippen molar-refractivity contribution in [3.05, 3.63) is 64.1 Å². The zero-order valence-corrected chi connectivity index (χ0v) is 14.6. The average molecular weight is 391 g/mol. The maximum atomic E-state index is 12.8. The molecule has 6 nitrogen and oxygen atoms in total. The maximum absolute atomic E-state index is 12.8. The number of nitrogens with zero attached hydrogens (tertiary/aromatic N) is 2. The molecule has 0 radical (unpaired) electrons. The second-order valence-electron chi connectivity index (χ2n) is 6.44. The van der Waals surface area contributed by atoms with Crippen molar-refractivity contribution >= 4 is 16.9 Å². The van der Waals surface area contributed by atoms with Gasteiger partial charge in [-0.2, -0.15) is 13.2 Å². The second kappa shape index (κ2) is 6.83. The fraction of sp³-hybridized carbons (Fsp3) is 0.263. The van der Waals surface area contributed by atoms with Gasteiger partial charge in [-0.1, -0.05) is 0 Å². The van der Waals surface area contributed by atoms with Gasteiger partial charge in [0.25, 0.3) is 11.5 Å². The van der Waals surface area contributed by atoms with Crippen LogP contribution in [-0.4, -0.2) is 46.7 Å². The van der Waals surface area contributed by atoms with Crippen LogP contribution in [0.25, 0.3) is 16.7 Å². The van der Waals surface area contributed by atoms with Gasteiger partial charge in [-0.25, -0.2) is 0 Å². The van der Waals surface area contributed by atoms with Gasteiger partial charge in [0.2, 0.25) is 0 Å². The van der Waals surface area contributed by atoms with Crippen LogP contribution < -0.4 is 5.56 Å². The van der Waals surface area contributed by atoms with Gasteiger partial charge in [-0.05, 0) is 36.4 Å². The Morgan fingerprint density at radius 1 is 1.04 bits per heavy atom. The smallest absolute Gasteiger partial charge is 0.378 e. The van der Waals surface area contributed by atoms with E-state index in [1.54, 1.807) is 17.0 Å². The van der Waals surface area contributed by atoms with Crippen LogP contribution in [0.1, 0.15) is 16.1 Å². The molecule has 1 aliphatic heterocycles. The number of fused-ring (bicyclic) bond motifs is 1. The van der Waals surface area contributed by atoms with Crippen LogP contribution in [-0.2, 0) is 10.9 Å². The Kier molecular flexibility index (Phi) is 4.46. The normalized spacial score (nSPS) is 15.2. The number of nitrogens with one attached hydrogen (secondary N) is 1. The fourth-order valence-electron chi connectivity index (χ4n) is 3.23. The van der Waals surface area contributed by atoms with Crippen LogP contribution in [0, 0.1) is 0 Å². The topological polar surface area (TPSA) is 67.3 Å². The Morgan fingerprint density at radius 2 is 1.71 bits per heavy atom. The molecular weight excluding hydrogens is 375 g/mol. The standard InChI is InChI=1S/C19H16F3N3O3/c20-19(21,22)13-2-4-14(5-3-13)25-16(26)6-1-12-11-15(23-17(12)25)18(27)24-7-9-28-10-8-24/h1-6,11,23H,7-10H2. The Bertz CT molecular complexity index is 1080. The van der Waals surface area contributed by atoms with Gasteiger partial charge in [0.15, 0.2) is 0 Å². The molecule has 1 fully saturated rings. The van der Waals surface area contributed by atoms with Gasteiger partial charge in [0, 0.05) is 24.5 Å². The van der Waals surface area contributed by atoms with Gasteiger partial charge in [-0.3, -0.25) is 14.2 Å². The van der Waals surface area contributed by atoms with Crippen molar-refractivity contribution in [2.45, 2.75) is 6.18 Å². The zero-order valence-electron chi connectivity index (χ0n) is 14.6. The number of carbonyl (C=O) groups is 1. The molecule has 28 heavy (non-hydrogen) atoms. The van der Waals surface area contributed by atoms with Crippen molar-refractivity contribution in [1.82, 2.24) is 14.5 Å². The lowest BCUT2D eigenvalue weighted by molar-refractivity contribution is -0.137. The van der Waals surface area contributed by atoms with Gasteiger partial charge < -0.3 is 14.6 Å². The number of carbonyl (C=O) groups excluding carboxylic acids is 1. The van der Waals surface area contributed by atoms with E-state index in [2.05, 4.69) is 4.98 Å². The number of hydrogen-bond donors (Lipinski definition) is 1. The fourth-order valence-corrected chi connectivity index (χ4v) is 3.23. The third-order valence-corrected chi connectivity index (χ3v) is 4.66. The van der Waals surface area contributed by atoms with E-state index in [0.717, 1.165) is 12.1 Å². The summed E-state index contributed by atoms with van der Waals surface area (Å²) < 4.78 is 44.9. The lowest BCUT2D eigenvalue weighted by Crippen LogP contribution is -2.40. The maximum Gasteiger partial charge on any atom is 0.416 e. The van der Waals surface area contributed by atoms with Crippen molar-refractivity contribution < 1.29 is 22.7 Å². The zero-order chi connectivity index (χ0) is 19.9. The summed E-state index contributed by atoms with van der Waals surface area (Å²) in [5.74, 6) is -0.217. The van der Waals surface area contributed by atoms with E-state index in [0.29, 0.717) is 43.0 Å². The molecule has 4 rings (SSSR count). The number of alkyl halides is 3. The van der Waals surface area contributed by atoms with Crippen LogP contribution in [0.2, 0.25) is 0 Å². The number of hydrogen-bond acceptors (Lipinski definition) is 3. The first-order valence-electron chi connectivity index (χ1n) is 8.64. The van der Waals surface area contributed by atoms with Crippen LogP contribution in [0.15, 0.2) is 47.3 Å². The highest BCUT2D eigenvalue weighted by Crippen LogP contribution is 2.30. The number of benzene rings is 1. The number of H-pyrrole nitrogens is 1. The molecule has 1 aliphatic rings. The molecular formula is C19H16F3N3O3. The largest absolute Gasteiger partial charge is 0.416 e. The lowest BCUT2D eigenvalue weighted by Gasteiger charge is -2.26. The Morgan fingerprint density at radius 3 is 2.36 bits per heavy atom. The highest BCUT2D eigenvalue weighted by atomic mass is 19.4.